The van der Waals surface area contributed by atoms with Crippen LogP contribution in [0.25, 0.3) is 0 Å². The van der Waals surface area contributed by atoms with Crippen LogP contribution >= 0.6 is 0 Å². The summed E-state index contributed by atoms with van der Waals surface area (Å²) in [6, 6.07) is 16.2. The van der Waals surface area contributed by atoms with Crippen molar-refractivity contribution < 1.29 is 14.2 Å². The molecule has 0 aliphatic heterocycles. The summed E-state index contributed by atoms with van der Waals surface area (Å²) in [6.45, 7) is 0.542. The molecule has 3 nitrogen and oxygen atoms in total. The zero-order chi connectivity index (χ0) is 14.0. The Labute approximate surface area is 119 Å². The van der Waals surface area contributed by atoms with Crippen LogP contribution in [0.5, 0.6) is 5.75 Å². The molecule has 0 radical (unpaired) electrons. The van der Waals surface area contributed by atoms with E-state index in [1.807, 2.05) is 30.3 Å². The van der Waals surface area contributed by atoms with Gasteiger partial charge in [-0.05, 0) is 17.2 Å². The first-order chi connectivity index (χ1) is 9.79. The highest BCUT2D eigenvalue weighted by atomic mass is 16.7. The Morgan fingerprint density at radius 1 is 0.950 bits per heavy atom. The van der Waals surface area contributed by atoms with Gasteiger partial charge in [-0.2, -0.15) is 0 Å². The van der Waals surface area contributed by atoms with E-state index in [9.17, 15) is 0 Å². The molecule has 0 amide bonds. The average molecular weight is 270 g/mol. The van der Waals surface area contributed by atoms with Crippen LogP contribution in [0, 0.1) is 0 Å². The maximum absolute atomic E-state index is 5.95. The minimum Gasteiger partial charge on any atom is -0.488 e. The second-order valence-electron chi connectivity index (χ2n) is 4.90. The highest BCUT2D eigenvalue weighted by molar-refractivity contribution is 5.51. The Bertz CT molecular complexity index is 588. The van der Waals surface area contributed by atoms with Gasteiger partial charge >= 0.3 is 0 Å². The lowest BCUT2D eigenvalue weighted by atomic mass is 9.81. The standard InChI is InChI=1S/C17H18O3/c1-18-17(19-2)11-14-9-6-10-15(16(14)17)20-12-13-7-4-3-5-8-13/h3-10H,11-12H2,1-2H3. The predicted octanol–water partition coefficient (Wildman–Crippen LogP) is 3.27. The molecular weight excluding hydrogens is 252 g/mol. The Balaban J connectivity index is 1.83. The third-order valence-electron chi connectivity index (χ3n) is 3.81. The first kappa shape index (κ1) is 13.2. The molecule has 20 heavy (non-hydrogen) atoms. The second kappa shape index (κ2) is 5.27. The van der Waals surface area contributed by atoms with Crippen molar-refractivity contribution in [3.8, 4) is 5.75 Å². The Hall–Kier alpha value is -1.84. The monoisotopic (exact) mass is 270 g/mol. The maximum atomic E-state index is 5.95. The van der Waals surface area contributed by atoms with E-state index >= 15 is 0 Å². The lowest BCUT2D eigenvalue weighted by Crippen LogP contribution is -2.42. The molecule has 0 aromatic heterocycles. The number of hydrogen-bond donors (Lipinski definition) is 0. The van der Waals surface area contributed by atoms with E-state index < -0.39 is 5.79 Å². The van der Waals surface area contributed by atoms with Crippen LogP contribution in [-0.4, -0.2) is 14.2 Å². The first-order valence-corrected chi connectivity index (χ1v) is 6.68. The van der Waals surface area contributed by atoms with E-state index in [-0.39, 0.29) is 0 Å². The van der Waals surface area contributed by atoms with Gasteiger partial charge in [-0.3, -0.25) is 0 Å². The van der Waals surface area contributed by atoms with Gasteiger partial charge in [0.25, 0.3) is 0 Å². The van der Waals surface area contributed by atoms with Crippen LogP contribution < -0.4 is 4.74 Å². The first-order valence-electron chi connectivity index (χ1n) is 6.68. The van der Waals surface area contributed by atoms with Crippen molar-refractivity contribution in [1.82, 2.24) is 0 Å². The number of hydrogen-bond acceptors (Lipinski definition) is 3. The Morgan fingerprint density at radius 2 is 1.70 bits per heavy atom. The minimum atomic E-state index is -0.650. The SMILES string of the molecule is COC1(OC)Cc2cccc(OCc3ccccc3)c21. The highest BCUT2D eigenvalue weighted by Crippen LogP contribution is 2.47. The van der Waals surface area contributed by atoms with E-state index in [0.717, 1.165) is 23.3 Å². The van der Waals surface area contributed by atoms with Gasteiger partial charge in [-0.1, -0.05) is 42.5 Å². The molecule has 0 saturated carbocycles. The topological polar surface area (TPSA) is 27.7 Å². The molecule has 3 heteroatoms. The third-order valence-corrected chi connectivity index (χ3v) is 3.81. The molecule has 1 aliphatic carbocycles. The van der Waals surface area contributed by atoms with Gasteiger partial charge in [-0.25, -0.2) is 0 Å². The number of benzene rings is 2. The number of rotatable bonds is 5. The van der Waals surface area contributed by atoms with Crippen molar-refractivity contribution in [1.29, 1.82) is 0 Å². The number of methoxy groups -OCH3 is 2. The summed E-state index contributed by atoms with van der Waals surface area (Å²) in [5, 5.41) is 0. The van der Waals surface area contributed by atoms with Gasteiger partial charge in [0, 0.05) is 20.6 Å². The van der Waals surface area contributed by atoms with Gasteiger partial charge in [-0.15, -0.1) is 0 Å². The fraction of sp³-hybridized carbons (Fsp3) is 0.294. The highest BCUT2D eigenvalue weighted by Gasteiger charge is 2.46. The van der Waals surface area contributed by atoms with Gasteiger partial charge in [0.05, 0.1) is 5.56 Å². The molecule has 0 N–H and O–H groups in total. The molecule has 1 aliphatic rings. The molecule has 0 bridgehead atoms. The summed E-state index contributed by atoms with van der Waals surface area (Å²) >= 11 is 0. The van der Waals surface area contributed by atoms with Crippen molar-refractivity contribution in [3.05, 3.63) is 65.2 Å². The summed E-state index contributed by atoms with van der Waals surface area (Å²) < 4.78 is 17.0. The van der Waals surface area contributed by atoms with Crippen LogP contribution in [0.4, 0.5) is 0 Å². The molecule has 0 fully saturated rings. The largest absolute Gasteiger partial charge is 0.488 e. The summed E-state index contributed by atoms with van der Waals surface area (Å²) in [4.78, 5) is 0. The van der Waals surface area contributed by atoms with E-state index in [0.29, 0.717) is 6.61 Å². The molecule has 3 rings (SSSR count). The van der Waals surface area contributed by atoms with E-state index in [1.165, 1.54) is 5.56 Å². The van der Waals surface area contributed by atoms with Crippen molar-refractivity contribution in [2.24, 2.45) is 0 Å². The molecule has 0 unspecified atom stereocenters. The summed E-state index contributed by atoms with van der Waals surface area (Å²) in [5.41, 5.74) is 3.38. The lowest BCUT2D eigenvalue weighted by Gasteiger charge is -2.42. The van der Waals surface area contributed by atoms with Crippen LogP contribution in [0.3, 0.4) is 0 Å². The lowest BCUT2D eigenvalue weighted by molar-refractivity contribution is -0.231. The maximum Gasteiger partial charge on any atom is 0.202 e. The molecular formula is C17H18O3. The fourth-order valence-electron chi connectivity index (χ4n) is 2.68. The van der Waals surface area contributed by atoms with Crippen LogP contribution in [0.2, 0.25) is 0 Å². The third kappa shape index (κ3) is 2.09. The van der Waals surface area contributed by atoms with Gasteiger partial charge in [0.15, 0.2) is 0 Å². The van der Waals surface area contributed by atoms with Crippen molar-refractivity contribution in [2.75, 3.05) is 14.2 Å². The predicted molar refractivity (Wildman–Crippen MR) is 76.6 cm³/mol. The Morgan fingerprint density at radius 3 is 2.40 bits per heavy atom. The molecule has 104 valence electrons. The molecule has 2 aromatic rings. The molecule has 0 spiro atoms. The Kier molecular flexibility index (Phi) is 3.47. The van der Waals surface area contributed by atoms with Crippen LogP contribution in [0.1, 0.15) is 16.7 Å². The van der Waals surface area contributed by atoms with E-state index in [2.05, 4.69) is 18.2 Å². The van der Waals surface area contributed by atoms with E-state index in [1.54, 1.807) is 14.2 Å². The van der Waals surface area contributed by atoms with Gasteiger partial charge < -0.3 is 14.2 Å². The van der Waals surface area contributed by atoms with Crippen molar-refractivity contribution in [3.63, 3.8) is 0 Å². The number of fused-ring (bicyclic) bond motifs is 1. The number of ether oxygens (including phenoxy) is 3. The summed E-state index contributed by atoms with van der Waals surface area (Å²) in [5.74, 6) is 0.184. The molecule has 0 saturated heterocycles. The smallest absolute Gasteiger partial charge is 0.202 e. The quantitative estimate of drug-likeness (QED) is 0.780. The molecule has 2 aromatic carbocycles. The average Bonchev–Trinajstić information content (AvgIpc) is 2.48. The van der Waals surface area contributed by atoms with Gasteiger partial charge in [0.2, 0.25) is 5.79 Å². The van der Waals surface area contributed by atoms with Gasteiger partial charge in [0.1, 0.15) is 12.4 Å². The van der Waals surface area contributed by atoms with Crippen molar-refractivity contribution >= 4 is 0 Å². The zero-order valence-electron chi connectivity index (χ0n) is 11.8. The molecule has 0 heterocycles. The van der Waals surface area contributed by atoms with Crippen LogP contribution in [0.15, 0.2) is 48.5 Å². The summed E-state index contributed by atoms with van der Waals surface area (Å²) in [7, 11) is 3.33. The molecule has 0 atom stereocenters. The fourth-order valence-corrected chi connectivity index (χ4v) is 2.68. The zero-order valence-corrected chi connectivity index (χ0v) is 11.8. The van der Waals surface area contributed by atoms with Crippen molar-refractivity contribution in [2.45, 2.75) is 18.8 Å². The van der Waals surface area contributed by atoms with Crippen LogP contribution in [-0.2, 0) is 28.3 Å². The second-order valence-corrected chi connectivity index (χ2v) is 4.90. The van der Waals surface area contributed by atoms with E-state index in [4.69, 9.17) is 14.2 Å². The summed E-state index contributed by atoms with van der Waals surface area (Å²) in [6.07, 6.45) is 0.762. The minimum absolute atomic E-state index is 0.542. The normalized spacial score (nSPS) is 15.3.